The molecular weight excluding hydrogens is 326 g/mol. The van der Waals surface area contributed by atoms with Crippen LogP contribution in [0.2, 0.25) is 0 Å². The van der Waals surface area contributed by atoms with Crippen molar-refractivity contribution in [3.05, 3.63) is 77.0 Å². The monoisotopic (exact) mass is 350 g/mol. The number of hydrogen-bond donors (Lipinski definition) is 2. The molecule has 0 saturated heterocycles. The molecule has 0 aliphatic heterocycles. The lowest BCUT2D eigenvalue weighted by molar-refractivity contribution is -0.872. The lowest BCUT2D eigenvalue weighted by atomic mass is 10.0. The Kier molecular flexibility index (Phi) is 5.49. The molecule has 1 aromatic heterocycles. The van der Waals surface area contributed by atoms with E-state index in [4.69, 9.17) is 4.52 Å². The van der Waals surface area contributed by atoms with Crippen LogP contribution in [0.15, 0.2) is 59.1 Å². The Balaban J connectivity index is 1.79. The highest BCUT2D eigenvalue weighted by Crippen LogP contribution is 2.25. The smallest absolute Gasteiger partial charge is 0.257 e. The molecule has 0 aliphatic carbocycles. The lowest BCUT2D eigenvalue weighted by Crippen LogP contribution is -3.04. The van der Waals surface area contributed by atoms with Crippen molar-refractivity contribution in [2.75, 3.05) is 14.1 Å². The van der Waals surface area contributed by atoms with Gasteiger partial charge in [-0.2, -0.15) is 0 Å². The molecule has 2 aromatic carbocycles. The van der Waals surface area contributed by atoms with Gasteiger partial charge in [-0.1, -0.05) is 59.8 Å². The largest absolute Gasteiger partial charge is 0.360 e. The third kappa shape index (κ3) is 4.00. The Bertz CT molecular complexity index is 885. The molecule has 5 heteroatoms. The van der Waals surface area contributed by atoms with Gasteiger partial charge in [0.2, 0.25) is 0 Å². The molecule has 134 valence electrons. The van der Waals surface area contributed by atoms with Crippen molar-refractivity contribution < 1.29 is 14.2 Å². The van der Waals surface area contributed by atoms with Crippen LogP contribution in [-0.2, 0) is 13.1 Å². The van der Waals surface area contributed by atoms with E-state index < -0.39 is 0 Å². The average molecular weight is 350 g/mol. The zero-order chi connectivity index (χ0) is 18.5. The molecule has 0 aliphatic rings. The van der Waals surface area contributed by atoms with E-state index in [-0.39, 0.29) is 5.91 Å². The number of amides is 1. The summed E-state index contributed by atoms with van der Waals surface area (Å²) in [6, 6.07) is 17.8. The van der Waals surface area contributed by atoms with Crippen LogP contribution >= 0.6 is 0 Å². The van der Waals surface area contributed by atoms with Crippen molar-refractivity contribution >= 4 is 5.91 Å². The molecule has 26 heavy (non-hydrogen) atoms. The Hall–Kier alpha value is -2.92. The van der Waals surface area contributed by atoms with E-state index >= 15 is 0 Å². The number of carbonyl (C=O) groups excluding carboxylic acids is 1. The second-order valence-electron chi connectivity index (χ2n) is 6.66. The van der Waals surface area contributed by atoms with E-state index in [9.17, 15) is 4.79 Å². The van der Waals surface area contributed by atoms with Gasteiger partial charge in [-0.25, -0.2) is 0 Å². The van der Waals surface area contributed by atoms with Gasteiger partial charge in [0.1, 0.15) is 23.6 Å². The Morgan fingerprint density at radius 1 is 1.04 bits per heavy atom. The zero-order valence-electron chi connectivity index (χ0n) is 15.4. The predicted molar refractivity (Wildman–Crippen MR) is 101 cm³/mol. The zero-order valence-corrected chi connectivity index (χ0v) is 15.4. The number of nitrogens with zero attached hydrogens (tertiary/aromatic N) is 1. The first-order chi connectivity index (χ1) is 12.6. The van der Waals surface area contributed by atoms with Crippen LogP contribution in [0.4, 0.5) is 0 Å². The molecule has 0 bridgehead atoms. The van der Waals surface area contributed by atoms with Gasteiger partial charge in [0.05, 0.1) is 14.1 Å². The fourth-order valence-electron chi connectivity index (χ4n) is 2.98. The lowest BCUT2D eigenvalue weighted by Gasteiger charge is -2.13. The van der Waals surface area contributed by atoms with Crippen LogP contribution in [-0.4, -0.2) is 25.2 Å². The SMILES string of the molecule is Cc1onc(-c2ccccc2)c1C(=O)NCc1ccccc1C[NH+](C)C. The van der Waals surface area contributed by atoms with Gasteiger partial charge < -0.3 is 14.7 Å². The maximum Gasteiger partial charge on any atom is 0.257 e. The molecule has 0 unspecified atom stereocenters. The maximum atomic E-state index is 12.8. The van der Waals surface area contributed by atoms with E-state index in [1.54, 1.807) is 6.92 Å². The molecule has 1 heterocycles. The average Bonchev–Trinajstić information content (AvgIpc) is 3.02. The van der Waals surface area contributed by atoms with Gasteiger partial charge in [-0.3, -0.25) is 4.79 Å². The molecule has 0 radical (unpaired) electrons. The highest BCUT2D eigenvalue weighted by molar-refractivity contribution is 6.00. The van der Waals surface area contributed by atoms with Crippen LogP contribution < -0.4 is 10.2 Å². The van der Waals surface area contributed by atoms with Crippen LogP contribution in [0.25, 0.3) is 11.3 Å². The van der Waals surface area contributed by atoms with Gasteiger partial charge >= 0.3 is 0 Å². The van der Waals surface area contributed by atoms with E-state index in [1.165, 1.54) is 10.5 Å². The number of aryl methyl sites for hydroxylation is 1. The van der Waals surface area contributed by atoms with Crippen LogP contribution in [0.5, 0.6) is 0 Å². The number of quaternary nitrogens is 1. The molecule has 1 amide bonds. The van der Waals surface area contributed by atoms with Crippen molar-refractivity contribution in [3.8, 4) is 11.3 Å². The number of benzene rings is 2. The molecule has 0 spiro atoms. The van der Waals surface area contributed by atoms with Crippen molar-refractivity contribution in [2.45, 2.75) is 20.0 Å². The van der Waals surface area contributed by atoms with Crippen molar-refractivity contribution in [2.24, 2.45) is 0 Å². The molecule has 2 N–H and O–H groups in total. The third-order valence-electron chi connectivity index (χ3n) is 4.24. The first kappa shape index (κ1) is 17.9. The van der Waals surface area contributed by atoms with Gasteiger partial charge in [0.15, 0.2) is 0 Å². The first-order valence-corrected chi connectivity index (χ1v) is 8.72. The topological polar surface area (TPSA) is 59.6 Å². The van der Waals surface area contributed by atoms with Crippen LogP contribution in [0.1, 0.15) is 27.2 Å². The predicted octanol–water partition coefficient (Wildman–Crippen LogP) is 2.22. The fraction of sp³-hybridized carbons (Fsp3) is 0.238. The van der Waals surface area contributed by atoms with E-state index in [2.05, 4.69) is 36.7 Å². The number of nitrogens with one attached hydrogen (secondary N) is 2. The summed E-state index contributed by atoms with van der Waals surface area (Å²) in [6.07, 6.45) is 0. The molecular formula is C21H24N3O2+. The molecule has 3 rings (SSSR count). The number of hydrogen-bond acceptors (Lipinski definition) is 3. The maximum absolute atomic E-state index is 12.8. The summed E-state index contributed by atoms with van der Waals surface area (Å²) in [5.74, 6) is 0.349. The van der Waals surface area contributed by atoms with E-state index in [0.717, 1.165) is 17.7 Å². The molecule has 5 nitrogen and oxygen atoms in total. The summed E-state index contributed by atoms with van der Waals surface area (Å²) >= 11 is 0. The standard InChI is InChI=1S/C21H23N3O2/c1-15-19(20(23-26-15)16-9-5-4-6-10-16)21(25)22-13-17-11-7-8-12-18(17)14-24(2)3/h4-12H,13-14H2,1-3H3,(H,22,25)/p+1. The minimum atomic E-state index is -0.172. The summed E-state index contributed by atoms with van der Waals surface area (Å²) in [5.41, 5.74) is 4.29. The summed E-state index contributed by atoms with van der Waals surface area (Å²) < 4.78 is 5.29. The number of rotatable bonds is 6. The molecule has 0 fully saturated rings. The van der Waals surface area contributed by atoms with Gasteiger partial charge in [0, 0.05) is 17.7 Å². The van der Waals surface area contributed by atoms with Crippen molar-refractivity contribution in [3.63, 3.8) is 0 Å². The number of aromatic nitrogens is 1. The minimum absolute atomic E-state index is 0.172. The highest BCUT2D eigenvalue weighted by atomic mass is 16.5. The van der Waals surface area contributed by atoms with Gasteiger partial charge in [-0.15, -0.1) is 0 Å². The fourth-order valence-corrected chi connectivity index (χ4v) is 2.98. The Morgan fingerprint density at radius 2 is 1.69 bits per heavy atom. The second-order valence-corrected chi connectivity index (χ2v) is 6.66. The quantitative estimate of drug-likeness (QED) is 0.717. The third-order valence-corrected chi connectivity index (χ3v) is 4.24. The molecule has 0 atom stereocenters. The van der Waals surface area contributed by atoms with E-state index in [0.29, 0.717) is 23.6 Å². The highest BCUT2D eigenvalue weighted by Gasteiger charge is 2.21. The Labute approximate surface area is 153 Å². The van der Waals surface area contributed by atoms with Crippen molar-refractivity contribution in [1.82, 2.24) is 10.5 Å². The first-order valence-electron chi connectivity index (χ1n) is 8.72. The van der Waals surface area contributed by atoms with Gasteiger partial charge in [-0.05, 0) is 12.5 Å². The summed E-state index contributed by atoms with van der Waals surface area (Å²) in [7, 11) is 4.23. The minimum Gasteiger partial charge on any atom is -0.360 e. The van der Waals surface area contributed by atoms with E-state index in [1.807, 2.05) is 42.5 Å². The summed E-state index contributed by atoms with van der Waals surface area (Å²) in [4.78, 5) is 14.1. The normalized spacial score (nSPS) is 10.9. The second kappa shape index (κ2) is 7.97. The van der Waals surface area contributed by atoms with Crippen LogP contribution in [0.3, 0.4) is 0 Å². The molecule has 3 aromatic rings. The summed E-state index contributed by atoms with van der Waals surface area (Å²) in [5, 5.41) is 7.10. The van der Waals surface area contributed by atoms with Crippen LogP contribution in [0, 0.1) is 6.92 Å². The summed E-state index contributed by atoms with van der Waals surface area (Å²) in [6.45, 7) is 3.15. The Morgan fingerprint density at radius 3 is 2.38 bits per heavy atom. The molecule has 0 saturated carbocycles. The van der Waals surface area contributed by atoms with Gasteiger partial charge in [0.25, 0.3) is 5.91 Å². The van der Waals surface area contributed by atoms with Crippen molar-refractivity contribution in [1.29, 1.82) is 0 Å². The number of carbonyl (C=O) groups is 1.